The standard InChI is InChI=1S/C20H22ClN3O3S2/c1-14-13-24(19(25)11-15-7-9-16(21)10-8-15)20(28-14)22-17-5-4-6-18(12-17)29(26,27)23(2)3/h4-10,12,14H,11,13H2,1-3H3. The number of carbonyl (C=O) groups excluding carboxylic acids is 1. The number of sulfonamides is 1. The van der Waals surface area contributed by atoms with Crippen molar-refractivity contribution >= 4 is 50.1 Å². The van der Waals surface area contributed by atoms with Crippen molar-refractivity contribution < 1.29 is 13.2 Å². The molecule has 1 atom stereocenters. The van der Waals surface area contributed by atoms with Gasteiger partial charge in [-0.3, -0.25) is 9.69 Å². The van der Waals surface area contributed by atoms with Crippen molar-refractivity contribution in [3.8, 4) is 0 Å². The second kappa shape index (κ2) is 8.87. The molecule has 1 saturated heterocycles. The second-order valence-corrected chi connectivity index (χ2v) is 10.9. The highest BCUT2D eigenvalue weighted by atomic mass is 35.5. The molecule has 0 aliphatic carbocycles. The van der Waals surface area contributed by atoms with E-state index in [0.717, 1.165) is 9.87 Å². The van der Waals surface area contributed by atoms with Crippen molar-refractivity contribution in [3.63, 3.8) is 0 Å². The van der Waals surface area contributed by atoms with Gasteiger partial charge in [-0.2, -0.15) is 0 Å². The molecule has 0 spiro atoms. The lowest BCUT2D eigenvalue weighted by Gasteiger charge is -2.16. The van der Waals surface area contributed by atoms with Crippen LogP contribution in [0.4, 0.5) is 5.69 Å². The molecule has 9 heteroatoms. The molecule has 2 aromatic rings. The number of amides is 1. The maximum Gasteiger partial charge on any atom is 0.242 e. The van der Waals surface area contributed by atoms with Crippen molar-refractivity contribution in [2.75, 3.05) is 20.6 Å². The van der Waals surface area contributed by atoms with Crippen molar-refractivity contribution in [2.45, 2.75) is 23.5 Å². The van der Waals surface area contributed by atoms with Crippen LogP contribution in [0.1, 0.15) is 12.5 Å². The smallest absolute Gasteiger partial charge is 0.242 e. The normalized spacial score (nSPS) is 18.6. The Morgan fingerprint density at radius 2 is 1.93 bits per heavy atom. The molecule has 2 aromatic carbocycles. The molecule has 1 aliphatic heterocycles. The van der Waals surface area contributed by atoms with Gasteiger partial charge in [-0.1, -0.05) is 48.5 Å². The zero-order chi connectivity index (χ0) is 21.2. The van der Waals surface area contributed by atoms with E-state index >= 15 is 0 Å². The Hall–Kier alpha value is -1.87. The van der Waals surface area contributed by atoms with E-state index in [9.17, 15) is 13.2 Å². The van der Waals surface area contributed by atoms with Crippen LogP contribution >= 0.6 is 23.4 Å². The van der Waals surface area contributed by atoms with Gasteiger partial charge in [0, 0.05) is 30.9 Å². The van der Waals surface area contributed by atoms with Crippen LogP contribution in [0, 0.1) is 0 Å². The molecule has 0 saturated carbocycles. The lowest BCUT2D eigenvalue weighted by atomic mass is 10.1. The van der Waals surface area contributed by atoms with Crippen LogP contribution in [-0.2, 0) is 21.2 Å². The SMILES string of the molecule is CC1CN(C(=O)Cc2ccc(Cl)cc2)C(=Nc2cccc(S(=O)(=O)N(C)C)c2)S1. The first-order valence-corrected chi connectivity index (χ1v) is 11.7. The number of aliphatic imine (C=N–C) groups is 1. The zero-order valence-corrected chi connectivity index (χ0v) is 18.8. The van der Waals surface area contributed by atoms with Gasteiger partial charge in [0.25, 0.3) is 0 Å². The van der Waals surface area contributed by atoms with Crippen LogP contribution < -0.4 is 0 Å². The van der Waals surface area contributed by atoms with E-state index < -0.39 is 10.0 Å². The summed E-state index contributed by atoms with van der Waals surface area (Å²) in [6.45, 7) is 2.59. The number of rotatable bonds is 5. The van der Waals surface area contributed by atoms with Crippen LogP contribution in [-0.4, -0.2) is 54.6 Å². The van der Waals surface area contributed by atoms with Gasteiger partial charge in [0.1, 0.15) is 0 Å². The Balaban J connectivity index is 1.85. The molecule has 1 aliphatic rings. The van der Waals surface area contributed by atoms with E-state index in [2.05, 4.69) is 4.99 Å². The summed E-state index contributed by atoms with van der Waals surface area (Å²) < 4.78 is 25.9. The number of thioether (sulfide) groups is 1. The average molecular weight is 452 g/mol. The third-order valence-corrected chi connectivity index (χ3v) is 7.50. The molecule has 6 nitrogen and oxygen atoms in total. The molecule has 1 amide bonds. The van der Waals surface area contributed by atoms with E-state index in [1.807, 2.05) is 19.1 Å². The summed E-state index contributed by atoms with van der Waals surface area (Å²) >= 11 is 7.41. The summed E-state index contributed by atoms with van der Waals surface area (Å²) in [5.74, 6) is -0.0556. The molecule has 1 fully saturated rings. The maximum absolute atomic E-state index is 12.9. The summed E-state index contributed by atoms with van der Waals surface area (Å²) in [6, 6.07) is 13.6. The highest BCUT2D eigenvalue weighted by Crippen LogP contribution is 2.30. The number of hydrogen-bond acceptors (Lipinski definition) is 5. The van der Waals surface area contributed by atoms with Crippen LogP contribution in [0.25, 0.3) is 0 Å². The number of halogens is 1. The summed E-state index contributed by atoms with van der Waals surface area (Å²) in [5.41, 5.74) is 1.37. The molecule has 0 radical (unpaired) electrons. The van der Waals surface area contributed by atoms with Gasteiger partial charge in [-0.25, -0.2) is 17.7 Å². The van der Waals surface area contributed by atoms with Gasteiger partial charge < -0.3 is 0 Å². The Bertz CT molecular complexity index is 1040. The molecule has 1 heterocycles. The molecular weight excluding hydrogens is 430 g/mol. The summed E-state index contributed by atoms with van der Waals surface area (Å²) in [4.78, 5) is 19.3. The first kappa shape index (κ1) is 21.8. The van der Waals surface area contributed by atoms with E-state index in [0.29, 0.717) is 22.4 Å². The monoisotopic (exact) mass is 451 g/mol. The highest BCUT2D eigenvalue weighted by molar-refractivity contribution is 8.14. The first-order valence-electron chi connectivity index (χ1n) is 8.99. The topological polar surface area (TPSA) is 70.0 Å². The number of amidine groups is 1. The third-order valence-electron chi connectivity index (χ3n) is 4.37. The fraction of sp³-hybridized carbons (Fsp3) is 0.300. The van der Waals surface area contributed by atoms with Crippen molar-refractivity contribution in [3.05, 3.63) is 59.1 Å². The van der Waals surface area contributed by atoms with E-state index in [1.54, 1.807) is 29.2 Å². The zero-order valence-electron chi connectivity index (χ0n) is 16.4. The number of nitrogens with zero attached hydrogens (tertiary/aromatic N) is 3. The Morgan fingerprint density at radius 3 is 2.59 bits per heavy atom. The van der Waals surface area contributed by atoms with Gasteiger partial charge in [0.2, 0.25) is 15.9 Å². The Morgan fingerprint density at radius 1 is 1.24 bits per heavy atom. The minimum absolute atomic E-state index is 0.0556. The van der Waals surface area contributed by atoms with Gasteiger partial charge in [0.05, 0.1) is 17.0 Å². The molecule has 0 bridgehead atoms. The van der Waals surface area contributed by atoms with Crippen LogP contribution in [0.2, 0.25) is 5.02 Å². The van der Waals surface area contributed by atoms with Gasteiger partial charge in [-0.05, 0) is 35.9 Å². The summed E-state index contributed by atoms with van der Waals surface area (Å²) in [7, 11) is -0.581. The van der Waals surface area contributed by atoms with Crippen LogP contribution in [0.15, 0.2) is 58.4 Å². The molecule has 3 rings (SSSR count). The third kappa shape index (κ3) is 5.19. The average Bonchev–Trinajstić information content (AvgIpc) is 3.04. The molecule has 0 aromatic heterocycles. The quantitative estimate of drug-likeness (QED) is 0.693. The molecule has 0 N–H and O–H groups in total. The van der Waals surface area contributed by atoms with Gasteiger partial charge in [-0.15, -0.1) is 0 Å². The van der Waals surface area contributed by atoms with Gasteiger partial charge in [0.15, 0.2) is 5.17 Å². The highest BCUT2D eigenvalue weighted by Gasteiger charge is 2.30. The predicted molar refractivity (Wildman–Crippen MR) is 118 cm³/mol. The van der Waals surface area contributed by atoms with Crippen molar-refractivity contribution in [2.24, 2.45) is 4.99 Å². The number of benzene rings is 2. The lowest BCUT2D eigenvalue weighted by molar-refractivity contribution is -0.126. The lowest BCUT2D eigenvalue weighted by Crippen LogP contribution is -2.33. The van der Waals surface area contributed by atoms with E-state index in [4.69, 9.17) is 11.6 Å². The van der Waals surface area contributed by atoms with E-state index in [1.165, 1.54) is 38.0 Å². The minimum atomic E-state index is -3.55. The summed E-state index contributed by atoms with van der Waals surface area (Å²) in [6.07, 6.45) is 0.249. The Kier molecular flexibility index (Phi) is 6.68. The van der Waals surface area contributed by atoms with E-state index in [-0.39, 0.29) is 22.5 Å². The Labute approximate surface area is 180 Å². The fourth-order valence-corrected chi connectivity index (χ4v) is 4.93. The predicted octanol–water partition coefficient (Wildman–Crippen LogP) is 3.78. The van der Waals surface area contributed by atoms with Crippen LogP contribution in [0.3, 0.4) is 0 Å². The number of hydrogen-bond donors (Lipinski definition) is 0. The number of carbonyl (C=O) groups is 1. The fourth-order valence-electron chi connectivity index (χ4n) is 2.82. The molecule has 1 unspecified atom stereocenters. The van der Waals surface area contributed by atoms with Crippen LogP contribution in [0.5, 0.6) is 0 Å². The molecule has 154 valence electrons. The first-order chi connectivity index (χ1) is 13.7. The maximum atomic E-state index is 12.9. The molecular formula is C20H22ClN3O3S2. The minimum Gasteiger partial charge on any atom is -0.290 e. The summed E-state index contributed by atoms with van der Waals surface area (Å²) in [5, 5.41) is 1.41. The molecule has 29 heavy (non-hydrogen) atoms. The second-order valence-electron chi connectivity index (χ2n) is 6.92. The van der Waals surface area contributed by atoms with Crippen molar-refractivity contribution in [1.29, 1.82) is 0 Å². The van der Waals surface area contributed by atoms with Crippen molar-refractivity contribution in [1.82, 2.24) is 9.21 Å². The largest absolute Gasteiger partial charge is 0.290 e. The van der Waals surface area contributed by atoms with Gasteiger partial charge >= 0.3 is 0 Å².